The van der Waals surface area contributed by atoms with Gasteiger partial charge in [0.25, 0.3) is 0 Å². The lowest BCUT2D eigenvalue weighted by atomic mass is 10.2. The molecule has 0 radical (unpaired) electrons. The third-order valence-corrected chi connectivity index (χ3v) is 2.70. The van der Waals surface area contributed by atoms with Crippen LogP contribution in [-0.2, 0) is 6.54 Å². The lowest BCUT2D eigenvalue weighted by Crippen LogP contribution is -2.00. The molecule has 0 aliphatic rings. The summed E-state index contributed by atoms with van der Waals surface area (Å²) in [5.74, 6) is 1.91. The Labute approximate surface area is 108 Å². The molecule has 2 aromatic rings. The van der Waals surface area contributed by atoms with Gasteiger partial charge in [-0.2, -0.15) is 4.98 Å². The van der Waals surface area contributed by atoms with Crippen LogP contribution in [0.15, 0.2) is 34.9 Å². The molecular weight excluding hydrogens is 282 g/mol. The molecule has 0 spiro atoms. The molecule has 5 heteroatoms. The standard InChI is InChI=1S/C12H12BrN3O/c1-8-15-5-4-12(16-8)17-11-3-2-10(13)6-9(11)7-14/h2-6H,7,14H2,1H3. The zero-order valence-corrected chi connectivity index (χ0v) is 10.9. The van der Waals surface area contributed by atoms with Crippen LogP contribution >= 0.6 is 15.9 Å². The fraction of sp³-hybridized carbons (Fsp3) is 0.167. The first-order chi connectivity index (χ1) is 8.19. The van der Waals surface area contributed by atoms with Crippen molar-refractivity contribution in [2.24, 2.45) is 5.73 Å². The molecule has 0 saturated heterocycles. The van der Waals surface area contributed by atoms with Crippen LogP contribution in [0.1, 0.15) is 11.4 Å². The number of aryl methyl sites for hydroxylation is 1. The average molecular weight is 294 g/mol. The van der Waals surface area contributed by atoms with E-state index < -0.39 is 0 Å². The predicted octanol–water partition coefficient (Wildman–Crippen LogP) is 2.80. The fourth-order valence-corrected chi connectivity index (χ4v) is 1.82. The predicted molar refractivity (Wildman–Crippen MR) is 68.9 cm³/mol. The molecule has 17 heavy (non-hydrogen) atoms. The monoisotopic (exact) mass is 293 g/mol. The summed E-state index contributed by atoms with van der Waals surface area (Å²) >= 11 is 3.40. The van der Waals surface area contributed by atoms with Crippen molar-refractivity contribution in [3.05, 3.63) is 46.3 Å². The molecule has 2 N–H and O–H groups in total. The molecule has 0 amide bonds. The van der Waals surface area contributed by atoms with Gasteiger partial charge in [0.2, 0.25) is 5.88 Å². The molecule has 2 rings (SSSR count). The van der Waals surface area contributed by atoms with E-state index in [0.717, 1.165) is 10.0 Å². The number of nitrogens with two attached hydrogens (primary N) is 1. The van der Waals surface area contributed by atoms with Crippen molar-refractivity contribution in [1.82, 2.24) is 9.97 Å². The highest BCUT2D eigenvalue weighted by Gasteiger charge is 2.05. The Morgan fingerprint density at radius 2 is 2.18 bits per heavy atom. The molecule has 0 aliphatic carbocycles. The fourth-order valence-electron chi connectivity index (χ4n) is 1.41. The third kappa shape index (κ3) is 3.01. The summed E-state index contributed by atoms with van der Waals surface area (Å²) in [5, 5.41) is 0. The number of ether oxygens (including phenoxy) is 1. The SMILES string of the molecule is Cc1nccc(Oc2ccc(Br)cc2CN)n1. The maximum atomic E-state index is 5.68. The average Bonchev–Trinajstić information content (AvgIpc) is 2.31. The first-order valence-corrected chi connectivity index (χ1v) is 5.94. The number of hydrogen-bond donors (Lipinski definition) is 1. The topological polar surface area (TPSA) is 61.0 Å². The van der Waals surface area contributed by atoms with Crippen LogP contribution in [0.5, 0.6) is 11.6 Å². The van der Waals surface area contributed by atoms with E-state index in [0.29, 0.717) is 24.0 Å². The lowest BCUT2D eigenvalue weighted by molar-refractivity contribution is 0.454. The summed E-state index contributed by atoms with van der Waals surface area (Å²) in [6.07, 6.45) is 1.67. The molecule has 0 fully saturated rings. The van der Waals surface area contributed by atoms with E-state index in [9.17, 15) is 0 Å². The normalized spacial score (nSPS) is 10.3. The second kappa shape index (κ2) is 5.25. The summed E-state index contributed by atoms with van der Waals surface area (Å²) in [5.41, 5.74) is 6.60. The van der Waals surface area contributed by atoms with E-state index in [-0.39, 0.29) is 0 Å². The Hall–Kier alpha value is -1.46. The Bertz CT molecular complexity index is 531. The van der Waals surface area contributed by atoms with Gasteiger partial charge in [0.05, 0.1) is 0 Å². The van der Waals surface area contributed by atoms with Crippen molar-refractivity contribution in [2.75, 3.05) is 0 Å². The van der Waals surface area contributed by atoms with Crippen molar-refractivity contribution < 1.29 is 4.74 Å². The van der Waals surface area contributed by atoms with Gasteiger partial charge < -0.3 is 10.5 Å². The number of halogens is 1. The summed E-state index contributed by atoms with van der Waals surface area (Å²) in [7, 11) is 0. The number of rotatable bonds is 3. The lowest BCUT2D eigenvalue weighted by Gasteiger charge is -2.09. The van der Waals surface area contributed by atoms with Gasteiger partial charge in [-0.25, -0.2) is 4.98 Å². The summed E-state index contributed by atoms with van der Waals surface area (Å²) in [4.78, 5) is 8.20. The van der Waals surface area contributed by atoms with Gasteiger partial charge in [-0.15, -0.1) is 0 Å². The van der Waals surface area contributed by atoms with E-state index >= 15 is 0 Å². The minimum Gasteiger partial charge on any atom is -0.439 e. The first-order valence-electron chi connectivity index (χ1n) is 5.15. The number of benzene rings is 1. The summed E-state index contributed by atoms with van der Waals surface area (Å²) in [6.45, 7) is 2.23. The van der Waals surface area contributed by atoms with Crippen LogP contribution in [0.2, 0.25) is 0 Å². The van der Waals surface area contributed by atoms with Crippen molar-refractivity contribution in [2.45, 2.75) is 13.5 Å². The molecule has 0 saturated carbocycles. The first kappa shape index (κ1) is 12.0. The molecule has 88 valence electrons. The second-order valence-electron chi connectivity index (χ2n) is 3.50. The largest absolute Gasteiger partial charge is 0.439 e. The van der Waals surface area contributed by atoms with E-state index in [1.165, 1.54) is 0 Å². The molecule has 1 aromatic heterocycles. The zero-order valence-electron chi connectivity index (χ0n) is 9.35. The Balaban J connectivity index is 2.29. The van der Waals surface area contributed by atoms with Gasteiger partial charge in [-0.1, -0.05) is 15.9 Å². The second-order valence-corrected chi connectivity index (χ2v) is 4.42. The molecule has 0 bridgehead atoms. The summed E-state index contributed by atoms with van der Waals surface area (Å²) < 4.78 is 6.66. The molecule has 0 unspecified atom stereocenters. The minimum absolute atomic E-state index is 0.416. The van der Waals surface area contributed by atoms with Crippen molar-refractivity contribution in [3.8, 4) is 11.6 Å². The van der Waals surface area contributed by atoms with Gasteiger partial charge in [0.15, 0.2) is 0 Å². The van der Waals surface area contributed by atoms with Crippen LogP contribution in [-0.4, -0.2) is 9.97 Å². The zero-order chi connectivity index (χ0) is 12.3. The molecule has 0 aliphatic heterocycles. The van der Waals surface area contributed by atoms with E-state index in [1.54, 1.807) is 12.3 Å². The third-order valence-electron chi connectivity index (χ3n) is 2.21. The van der Waals surface area contributed by atoms with Gasteiger partial charge in [-0.3, -0.25) is 0 Å². The highest BCUT2D eigenvalue weighted by Crippen LogP contribution is 2.26. The maximum absolute atomic E-state index is 5.68. The van der Waals surface area contributed by atoms with Gasteiger partial charge in [0, 0.05) is 28.8 Å². The van der Waals surface area contributed by atoms with E-state index in [1.807, 2.05) is 25.1 Å². The number of hydrogen-bond acceptors (Lipinski definition) is 4. The Morgan fingerprint density at radius 1 is 1.35 bits per heavy atom. The minimum atomic E-state index is 0.416. The summed E-state index contributed by atoms with van der Waals surface area (Å²) in [6, 6.07) is 7.42. The highest BCUT2D eigenvalue weighted by atomic mass is 79.9. The van der Waals surface area contributed by atoms with Crippen molar-refractivity contribution in [3.63, 3.8) is 0 Å². The Morgan fingerprint density at radius 3 is 2.88 bits per heavy atom. The Kier molecular flexibility index (Phi) is 3.71. The number of aromatic nitrogens is 2. The molecule has 1 aromatic carbocycles. The van der Waals surface area contributed by atoms with Gasteiger partial charge >= 0.3 is 0 Å². The molecular formula is C12H12BrN3O. The van der Waals surface area contributed by atoms with E-state index in [4.69, 9.17) is 10.5 Å². The van der Waals surface area contributed by atoms with Crippen LogP contribution in [0, 0.1) is 6.92 Å². The van der Waals surface area contributed by atoms with Crippen LogP contribution < -0.4 is 10.5 Å². The smallest absolute Gasteiger partial charge is 0.222 e. The molecule has 0 atom stereocenters. The van der Waals surface area contributed by atoms with E-state index in [2.05, 4.69) is 25.9 Å². The van der Waals surface area contributed by atoms with Gasteiger partial charge in [0.1, 0.15) is 11.6 Å². The van der Waals surface area contributed by atoms with Crippen molar-refractivity contribution in [1.29, 1.82) is 0 Å². The molecule has 1 heterocycles. The van der Waals surface area contributed by atoms with Crippen LogP contribution in [0.3, 0.4) is 0 Å². The number of nitrogens with zero attached hydrogens (tertiary/aromatic N) is 2. The quantitative estimate of drug-likeness (QED) is 0.945. The van der Waals surface area contributed by atoms with Crippen LogP contribution in [0.25, 0.3) is 0 Å². The highest BCUT2D eigenvalue weighted by molar-refractivity contribution is 9.10. The molecule has 4 nitrogen and oxygen atoms in total. The van der Waals surface area contributed by atoms with Crippen LogP contribution in [0.4, 0.5) is 0 Å². The maximum Gasteiger partial charge on any atom is 0.222 e. The van der Waals surface area contributed by atoms with Gasteiger partial charge in [-0.05, 0) is 25.1 Å². The van der Waals surface area contributed by atoms with Crippen molar-refractivity contribution >= 4 is 15.9 Å².